The van der Waals surface area contributed by atoms with Crippen molar-refractivity contribution in [2.75, 3.05) is 6.54 Å². The predicted octanol–water partition coefficient (Wildman–Crippen LogP) is 3.28. The molecule has 0 bridgehead atoms. The van der Waals surface area contributed by atoms with E-state index in [1.54, 1.807) is 6.20 Å². The molecule has 1 N–H and O–H groups in total. The van der Waals surface area contributed by atoms with Crippen LogP contribution in [0.25, 0.3) is 0 Å². The van der Waals surface area contributed by atoms with E-state index in [2.05, 4.69) is 17.2 Å². The first-order valence-electron chi connectivity index (χ1n) is 10.4. The first kappa shape index (κ1) is 18.8. The number of amides is 2. The second-order valence-electron chi connectivity index (χ2n) is 7.60. The van der Waals surface area contributed by atoms with Crippen molar-refractivity contribution in [3.05, 3.63) is 41.3 Å². The van der Waals surface area contributed by atoms with Gasteiger partial charge in [-0.25, -0.2) is 9.78 Å². The van der Waals surface area contributed by atoms with E-state index in [1.807, 2.05) is 27.8 Å². The van der Waals surface area contributed by atoms with Crippen LogP contribution < -0.4 is 10.1 Å². The first-order chi connectivity index (χ1) is 13.7. The maximum atomic E-state index is 12.8. The molecule has 3 heterocycles. The third-order valence-corrected chi connectivity index (χ3v) is 5.73. The molecule has 2 amide bonds. The van der Waals surface area contributed by atoms with E-state index in [4.69, 9.17) is 9.84 Å². The summed E-state index contributed by atoms with van der Waals surface area (Å²) in [5, 5.41) is 7.98. The highest BCUT2D eigenvalue weighted by atomic mass is 16.5. The molecule has 0 radical (unpaired) electrons. The fraction of sp³-hybridized carbons (Fsp3) is 0.571. The lowest BCUT2D eigenvalue weighted by Gasteiger charge is -2.31. The molecular weight excluding hydrogens is 354 g/mol. The van der Waals surface area contributed by atoms with Gasteiger partial charge in [0, 0.05) is 49.1 Å². The van der Waals surface area contributed by atoms with Crippen molar-refractivity contribution in [1.82, 2.24) is 25.0 Å². The fourth-order valence-corrected chi connectivity index (χ4v) is 4.20. The van der Waals surface area contributed by atoms with Gasteiger partial charge in [0.15, 0.2) is 0 Å². The number of nitrogens with zero attached hydrogens (tertiary/aromatic N) is 4. The zero-order chi connectivity index (χ0) is 19.3. The molecule has 4 rings (SSSR count). The SMILES string of the molecule is CCn1nc(COc2ccccn2)c2c1CCN(C(=O)NC1CCCCC1)C2. The summed E-state index contributed by atoms with van der Waals surface area (Å²) >= 11 is 0. The number of rotatable bonds is 5. The number of hydrogen-bond acceptors (Lipinski definition) is 4. The number of carbonyl (C=O) groups excluding carboxylic acids is 1. The van der Waals surface area contributed by atoms with Crippen LogP contribution >= 0.6 is 0 Å². The molecule has 1 aliphatic carbocycles. The monoisotopic (exact) mass is 383 g/mol. The van der Waals surface area contributed by atoms with Crippen LogP contribution in [0, 0.1) is 0 Å². The molecule has 28 heavy (non-hydrogen) atoms. The smallest absolute Gasteiger partial charge is 0.317 e. The zero-order valence-electron chi connectivity index (χ0n) is 16.6. The van der Waals surface area contributed by atoms with Gasteiger partial charge in [0.1, 0.15) is 12.3 Å². The Hall–Kier alpha value is -2.57. The van der Waals surface area contributed by atoms with Gasteiger partial charge in [-0.1, -0.05) is 25.3 Å². The van der Waals surface area contributed by atoms with Gasteiger partial charge in [0.2, 0.25) is 5.88 Å². The van der Waals surface area contributed by atoms with Crippen LogP contribution in [0.5, 0.6) is 5.88 Å². The standard InChI is InChI=1S/C21H29N5O2/c1-2-26-19-11-13-25(21(27)23-16-8-4-3-5-9-16)14-17(19)18(24-26)15-28-20-10-6-7-12-22-20/h6-7,10,12,16H,2-5,8-9,11,13-15H2,1H3,(H,23,27). The summed E-state index contributed by atoms with van der Waals surface area (Å²) in [7, 11) is 0. The summed E-state index contributed by atoms with van der Waals surface area (Å²) < 4.78 is 7.87. The van der Waals surface area contributed by atoms with Crippen LogP contribution in [0.1, 0.15) is 56.0 Å². The van der Waals surface area contributed by atoms with Crippen molar-refractivity contribution >= 4 is 6.03 Å². The Kier molecular flexibility index (Phi) is 5.78. The number of nitrogens with one attached hydrogen (secondary N) is 1. The molecule has 2 aliphatic rings. The van der Waals surface area contributed by atoms with Gasteiger partial charge in [-0.3, -0.25) is 4.68 Å². The summed E-state index contributed by atoms with van der Waals surface area (Å²) in [4.78, 5) is 18.9. The van der Waals surface area contributed by atoms with E-state index in [1.165, 1.54) is 25.0 Å². The molecule has 0 unspecified atom stereocenters. The topological polar surface area (TPSA) is 72.3 Å². The second kappa shape index (κ2) is 8.63. The molecule has 150 valence electrons. The van der Waals surface area contributed by atoms with Gasteiger partial charge >= 0.3 is 6.03 Å². The number of hydrogen-bond donors (Lipinski definition) is 1. The minimum Gasteiger partial charge on any atom is -0.471 e. The minimum absolute atomic E-state index is 0.0541. The highest BCUT2D eigenvalue weighted by molar-refractivity contribution is 5.75. The van der Waals surface area contributed by atoms with Crippen LogP contribution in [0.2, 0.25) is 0 Å². The van der Waals surface area contributed by atoms with Crippen molar-refractivity contribution in [2.24, 2.45) is 0 Å². The summed E-state index contributed by atoms with van der Waals surface area (Å²) in [5.74, 6) is 0.588. The van der Waals surface area contributed by atoms with Crippen molar-refractivity contribution in [1.29, 1.82) is 0 Å². The number of ether oxygens (including phenoxy) is 1. The average molecular weight is 383 g/mol. The molecule has 1 aliphatic heterocycles. The maximum Gasteiger partial charge on any atom is 0.317 e. The molecule has 2 aromatic heterocycles. The Morgan fingerprint density at radius 1 is 1.29 bits per heavy atom. The Morgan fingerprint density at radius 2 is 2.14 bits per heavy atom. The molecule has 0 saturated heterocycles. The Bertz CT molecular complexity index is 799. The quantitative estimate of drug-likeness (QED) is 0.860. The molecule has 0 spiro atoms. The number of urea groups is 1. The second-order valence-corrected chi connectivity index (χ2v) is 7.60. The Balaban J connectivity index is 1.45. The van der Waals surface area contributed by atoms with Gasteiger partial charge in [-0.15, -0.1) is 0 Å². The van der Waals surface area contributed by atoms with Crippen molar-refractivity contribution < 1.29 is 9.53 Å². The zero-order valence-corrected chi connectivity index (χ0v) is 16.6. The minimum atomic E-state index is 0.0541. The molecular formula is C21H29N5O2. The number of aromatic nitrogens is 3. The summed E-state index contributed by atoms with van der Waals surface area (Å²) in [5.41, 5.74) is 3.25. The maximum absolute atomic E-state index is 12.8. The van der Waals surface area contributed by atoms with Crippen molar-refractivity contribution in [3.8, 4) is 5.88 Å². The summed E-state index contributed by atoms with van der Waals surface area (Å²) in [6.45, 7) is 4.61. The third kappa shape index (κ3) is 4.13. The van der Waals surface area contributed by atoms with Crippen LogP contribution in [-0.4, -0.2) is 38.3 Å². The molecule has 1 fully saturated rings. The lowest BCUT2D eigenvalue weighted by Crippen LogP contribution is -2.47. The van der Waals surface area contributed by atoms with Gasteiger partial charge in [0.25, 0.3) is 0 Å². The van der Waals surface area contributed by atoms with E-state index in [-0.39, 0.29) is 6.03 Å². The Morgan fingerprint density at radius 3 is 2.89 bits per heavy atom. The fourth-order valence-electron chi connectivity index (χ4n) is 4.20. The lowest BCUT2D eigenvalue weighted by atomic mass is 9.95. The number of pyridine rings is 1. The normalized spacial score (nSPS) is 17.2. The molecule has 7 nitrogen and oxygen atoms in total. The van der Waals surface area contributed by atoms with Crippen LogP contribution in [0.15, 0.2) is 24.4 Å². The highest BCUT2D eigenvalue weighted by Crippen LogP contribution is 2.25. The number of carbonyl (C=O) groups is 1. The van der Waals surface area contributed by atoms with Gasteiger partial charge in [-0.05, 0) is 25.8 Å². The van der Waals surface area contributed by atoms with Crippen molar-refractivity contribution in [3.63, 3.8) is 0 Å². The summed E-state index contributed by atoms with van der Waals surface area (Å²) in [6, 6.07) is 5.99. The molecule has 7 heteroatoms. The predicted molar refractivity (Wildman–Crippen MR) is 106 cm³/mol. The van der Waals surface area contributed by atoms with Crippen molar-refractivity contribution in [2.45, 2.75) is 71.2 Å². The van der Waals surface area contributed by atoms with Crippen LogP contribution in [0.4, 0.5) is 4.79 Å². The molecule has 0 atom stereocenters. The van der Waals surface area contributed by atoms with E-state index in [9.17, 15) is 4.79 Å². The van der Waals surface area contributed by atoms with E-state index in [0.717, 1.165) is 43.6 Å². The number of aryl methyl sites for hydroxylation is 1. The Labute approximate surface area is 166 Å². The number of fused-ring (bicyclic) bond motifs is 1. The van der Waals surface area contributed by atoms with Gasteiger partial charge < -0.3 is 15.0 Å². The van der Waals surface area contributed by atoms with Crippen LogP contribution in [-0.2, 0) is 26.1 Å². The van der Waals surface area contributed by atoms with Gasteiger partial charge in [0.05, 0.1) is 6.54 Å². The molecule has 2 aromatic rings. The first-order valence-corrected chi connectivity index (χ1v) is 10.4. The average Bonchev–Trinajstić information content (AvgIpc) is 3.11. The van der Waals surface area contributed by atoms with Gasteiger partial charge in [-0.2, -0.15) is 5.10 Å². The molecule has 1 saturated carbocycles. The van der Waals surface area contributed by atoms with E-state index >= 15 is 0 Å². The summed E-state index contributed by atoms with van der Waals surface area (Å²) in [6.07, 6.45) is 8.46. The molecule has 0 aromatic carbocycles. The lowest BCUT2D eigenvalue weighted by molar-refractivity contribution is 0.183. The van der Waals surface area contributed by atoms with E-state index in [0.29, 0.717) is 25.1 Å². The van der Waals surface area contributed by atoms with E-state index < -0.39 is 0 Å². The largest absolute Gasteiger partial charge is 0.471 e. The third-order valence-electron chi connectivity index (χ3n) is 5.73. The highest BCUT2D eigenvalue weighted by Gasteiger charge is 2.28. The van der Waals surface area contributed by atoms with Crippen LogP contribution in [0.3, 0.4) is 0 Å².